The van der Waals surface area contributed by atoms with E-state index in [1.807, 2.05) is 47.3 Å². The monoisotopic (exact) mass is 335 g/mol. The van der Waals surface area contributed by atoms with Crippen LogP contribution in [0.4, 0.5) is 5.69 Å². The normalized spacial score (nSPS) is 12.7. The number of nitrogens with one attached hydrogen (secondary N) is 1. The van der Waals surface area contributed by atoms with Gasteiger partial charge in [-0.3, -0.25) is 4.79 Å². The number of thioether (sulfide) groups is 1. The van der Waals surface area contributed by atoms with Crippen LogP contribution in [0.5, 0.6) is 0 Å². The number of benzene rings is 1. The molecule has 3 N–H and O–H groups in total. The Bertz CT molecular complexity index is 657. The van der Waals surface area contributed by atoms with Crippen molar-refractivity contribution in [1.82, 2.24) is 0 Å². The van der Waals surface area contributed by atoms with E-state index in [4.69, 9.17) is 10.6 Å². The average molecular weight is 335 g/mol. The fourth-order valence-corrected chi connectivity index (χ4v) is 2.83. The molecular formula is C15H17N3O2S2. The Morgan fingerprint density at radius 1 is 1.41 bits per heavy atom. The van der Waals surface area contributed by atoms with Gasteiger partial charge in [0.15, 0.2) is 5.84 Å². The first-order valence-electron chi connectivity index (χ1n) is 6.57. The predicted molar refractivity (Wildman–Crippen MR) is 92.4 cm³/mol. The van der Waals surface area contributed by atoms with E-state index in [9.17, 15) is 4.79 Å². The number of amidine groups is 1. The third-order valence-electron chi connectivity index (χ3n) is 2.86. The summed E-state index contributed by atoms with van der Waals surface area (Å²) in [6.07, 6.45) is 1.21. The van der Waals surface area contributed by atoms with Gasteiger partial charge in [0.2, 0.25) is 6.10 Å². The van der Waals surface area contributed by atoms with Crippen LogP contribution in [0.1, 0.15) is 12.5 Å². The minimum absolute atomic E-state index is 0.255. The molecule has 1 amide bonds. The number of nitrogens with zero attached hydrogens (tertiary/aromatic N) is 1. The van der Waals surface area contributed by atoms with Gasteiger partial charge in [0, 0.05) is 15.8 Å². The topological polar surface area (TPSA) is 76.7 Å². The fourth-order valence-electron chi connectivity index (χ4n) is 1.63. The van der Waals surface area contributed by atoms with Crippen molar-refractivity contribution in [2.45, 2.75) is 17.9 Å². The van der Waals surface area contributed by atoms with Gasteiger partial charge in [-0.1, -0.05) is 17.3 Å². The summed E-state index contributed by atoms with van der Waals surface area (Å²) in [5, 5.41) is 10.4. The molecule has 1 aromatic heterocycles. The lowest BCUT2D eigenvalue weighted by atomic mass is 10.3. The molecule has 0 saturated heterocycles. The average Bonchev–Trinajstić information content (AvgIpc) is 3.07. The van der Waals surface area contributed by atoms with Crippen LogP contribution in [0.2, 0.25) is 0 Å². The van der Waals surface area contributed by atoms with E-state index in [1.54, 1.807) is 18.7 Å². The van der Waals surface area contributed by atoms with Gasteiger partial charge in [-0.25, -0.2) is 0 Å². The molecule has 0 radical (unpaired) electrons. The third-order valence-corrected chi connectivity index (χ3v) is 4.34. The van der Waals surface area contributed by atoms with Crippen LogP contribution in [-0.2, 0) is 9.63 Å². The molecule has 1 aromatic carbocycles. The molecule has 0 fully saturated rings. The molecule has 7 heteroatoms. The van der Waals surface area contributed by atoms with Gasteiger partial charge < -0.3 is 15.9 Å². The van der Waals surface area contributed by atoms with E-state index in [0.29, 0.717) is 0 Å². The Kier molecular flexibility index (Phi) is 5.85. The largest absolute Gasteiger partial charge is 0.381 e. The fraction of sp³-hybridized carbons (Fsp3) is 0.200. The van der Waals surface area contributed by atoms with E-state index in [1.165, 1.54) is 11.3 Å². The summed E-state index contributed by atoms with van der Waals surface area (Å²) in [6.45, 7) is 1.63. The zero-order chi connectivity index (χ0) is 15.9. The van der Waals surface area contributed by atoms with Crippen LogP contribution in [-0.4, -0.2) is 24.1 Å². The Morgan fingerprint density at radius 3 is 2.86 bits per heavy atom. The standard InChI is InChI=1S/C15H17N3O2S2/c1-10(20-18-14(16)11-7-8-22-9-11)15(19)17-12-5-3-4-6-13(12)21-2/h3-10H,1-2H3,(H2,16,18)(H,17,19). The highest BCUT2D eigenvalue weighted by Gasteiger charge is 2.16. The minimum atomic E-state index is -0.743. The zero-order valence-corrected chi connectivity index (χ0v) is 13.9. The molecule has 5 nitrogen and oxygen atoms in total. The van der Waals surface area contributed by atoms with Crippen LogP contribution in [0, 0.1) is 0 Å². The van der Waals surface area contributed by atoms with Crippen molar-refractivity contribution in [2.75, 3.05) is 11.6 Å². The number of hydrogen-bond donors (Lipinski definition) is 2. The quantitative estimate of drug-likeness (QED) is 0.368. The van der Waals surface area contributed by atoms with Gasteiger partial charge >= 0.3 is 0 Å². The van der Waals surface area contributed by atoms with E-state index in [0.717, 1.165) is 16.1 Å². The summed E-state index contributed by atoms with van der Waals surface area (Å²) in [6, 6.07) is 9.42. The second-order valence-corrected chi connectivity index (χ2v) is 6.05. The molecule has 1 unspecified atom stereocenters. The molecule has 0 aliphatic rings. The first-order valence-corrected chi connectivity index (χ1v) is 8.74. The van der Waals surface area contributed by atoms with E-state index in [2.05, 4.69) is 10.5 Å². The Labute approximate surface area is 137 Å². The summed E-state index contributed by atoms with van der Waals surface area (Å²) < 4.78 is 0. The second kappa shape index (κ2) is 7.86. The van der Waals surface area contributed by atoms with Crippen molar-refractivity contribution in [3.63, 3.8) is 0 Å². The molecule has 1 atom stereocenters. The lowest BCUT2D eigenvalue weighted by Gasteiger charge is -2.13. The van der Waals surface area contributed by atoms with Gasteiger partial charge in [0.05, 0.1) is 5.69 Å². The maximum Gasteiger partial charge on any atom is 0.268 e. The molecule has 116 valence electrons. The van der Waals surface area contributed by atoms with Crippen molar-refractivity contribution >= 4 is 40.5 Å². The smallest absolute Gasteiger partial charge is 0.268 e. The van der Waals surface area contributed by atoms with Crippen molar-refractivity contribution in [3.05, 3.63) is 46.7 Å². The number of rotatable bonds is 6. The number of para-hydroxylation sites is 1. The van der Waals surface area contributed by atoms with E-state index < -0.39 is 6.10 Å². The summed E-state index contributed by atoms with van der Waals surface area (Å²) in [5.41, 5.74) is 7.32. The maximum atomic E-state index is 12.1. The highest BCUT2D eigenvalue weighted by Crippen LogP contribution is 2.24. The molecule has 0 saturated carbocycles. The van der Waals surface area contributed by atoms with Crippen LogP contribution in [0.3, 0.4) is 0 Å². The molecule has 0 aliphatic heterocycles. The number of nitrogens with two attached hydrogens (primary N) is 1. The number of anilines is 1. The molecule has 0 bridgehead atoms. The summed E-state index contributed by atoms with van der Waals surface area (Å²) >= 11 is 3.08. The highest BCUT2D eigenvalue weighted by molar-refractivity contribution is 7.98. The SMILES string of the molecule is CSc1ccccc1NC(=O)C(C)O/N=C(\N)c1ccsc1. The lowest BCUT2D eigenvalue weighted by molar-refractivity contribution is -0.126. The number of oxime groups is 1. The van der Waals surface area contributed by atoms with Crippen LogP contribution in [0.15, 0.2) is 51.1 Å². The van der Waals surface area contributed by atoms with Crippen LogP contribution >= 0.6 is 23.1 Å². The number of thiophene rings is 1. The molecule has 2 rings (SSSR count). The second-order valence-electron chi connectivity index (χ2n) is 4.43. The van der Waals surface area contributed by atoms with Gasteiger partial charge in [-0.15, -0.1) is 11.8 Å². The molecule has 1 heterocycles. The number of carbonyl (C=O) groups is 1. The van der Waals surface area contributed by atoms with Crippen LogP contribution < -0.4 is 11.1 Å². The number of carbonyl (C=O) groups excluding carboxylic acids is 1. The van der Waals surface area contributed by atoms with Gasteiger partial charge in [0.25, 0.3) is 5.91 Å². The van der Waals surface area contributed by atoms with E-state index in [-0.39, 0.29) is 11.7 Å². The Hall–Kier alpha value is -1.99. The lowest BCUT2D eigenvalue weighted by Crippen LogP contribution is -2.27. The minimum Gasteiger partial charge on any atom is -0.381 e. The van der Waals surface area contributed by atoms with Crippen molar-refractivity contribution in [1.29, 1.82) is 0 Å². The Morgan fingerprint density at radius 2 is 2.18 bits per heavy atom. The van der Waals surface area contributed by atoms with Crippen molar-refractivity contribution in [3.8, 4) is 0 Å². The van der Waals surface area contributed by atoms with Gasteiger partial charge in [-0.05, 0) is 36.8 Å². The van der Waals surface area contributed by atoms with Crippen LogP contribution in [0.25, 0.3) is 0 Å². The first-order chi connectivity index (χ1) is 10.6. The highest BCUT2D eigenvalue weighted by atomic mass is 32.2. The zero-order valence-electron chi connectivity index (χ0n) is 12.3. The Balaban J connectivity index is 1.96. The molecular weight excluding hydrogens is 318 g/mol. The summed E-state index contributed by atoms with van der Waals surface area (Å²) in [4.78, 5) is 18.3. The van der Waals surface area contributed by atoms with Gasteiger partial charge in [0.1, 0.15) is 0 Å². The van der Waals surface area contributed by atoms with E-state index >= 15 is 0 Å². The van der Waals surface area contributed by atoms with Crippen molar-refractivity contribution < 1.29 is 9.63 Å². The summed E-state index contributed by atoms with van der Waals surface area (Å²) in [7, 11) is 0. The molecule has 22 heavy (non-hydrogen) atoms. The molecule has 0 spiro atoms. The first kappa shape index (κ1) is 16.4. The number of amides is 1. The molecule has 0 aliphatic carbocycles. The van der Waals surface area contributed by atoms with Crippen molar-refractivity contribution in [2.24, 2.45) is 10.9 Å². The third kappa shape index (κ3) is 4.25. The maximum absolute atomic E-state index is 12.1. The van der Waals surface area contributed by atoms with Gasteiger partial charge in [-0.2, -0.15) is 11.3 Å². The predicted octanol–water partition coefficient (Wildman–Crippen LogP) is 3.13. The molecule has 2 aromatic rings. The number of hydrogen-bond acceptors (Lipinski definition) is 5. The summed E-state index contributed by atoms with van der Waals surface area (Å²) in [5.74, 6) is -0.0196.